The molecule has 0 N–H and O–H groups in total. The van der Waals surface area contributed by atoms with Gasteiger partial charge in [0.1, 0.15) is 40.7 Å². The molecule has 0 saturated carbocycles. The third-order valence-electron chi connectivity index (χ3n) is 6.98. The summed E-state index contributed by atoms with van der Waals surface area (Å²) >= 11 is 5.70. The number of rotatable bonds is 10. The number of ether oxygens (including phenoxy) is 4. The van der Waals surface area contributed by atoms with Crippen LogP contribution in [-0.2, 0) is 20.3 Å². The Bertz CT molecular complexity index is 1580. The highest BCUT2D eigenvalue weighted by Gasteiger charge is 2.42. The summed E-state index contributed by atoms with van der Waals surface area (Å²) in [6, 6.07) is 14.7. The van der Waals surface area contributed by atoms with Crippen molar-refractivity contribution >= 4 is 11.6 Å². The van der Waals surface area contributed by atoms with Gasteiger partial charge < -0.3 is 18.9 Å². The predicted molar refractivity (Wildman–Crippen MR) is 152 cm³/mol. The van der Waals surface area contributed by atoms with Crippen LogP contribution in [0.3, 0.4) is 0 Å². The van der Waals surface area contributed by atoms with Crippen molar-refractivity contribution in [1.29, 1.82) is 0 Å². The molecule has 1 aliphatic rings. The van der Waals surface area contributed by atoms with Crippen LogP contribution in [0.2, 0.25) is 5.02 Å². The Kier molecular flexibility index (Phi) is 9.84. The summed E-state index contributed by atoms with van der Waals surface area (Å²) in [6.07, 6.45) is -4.04. The Morgan fingerprint density at radius 2 is 1.39 bits per heavy atom. The first-order chi connectivity index (χ1) is 21.1. The van der Waals surface area contributed by atoms with Gasteiger partial charge in [0.15, 0.2) is 6.29 Å². The Morgan fingerprint density at radius 1 is 0.773 bits per heavy atom. The van der Waals surface area contributed by atoms with Gasteiger partial charge in [0.05, 0.1) is 18.2 Å². The first kappa shape index (κ1) is 31.8. The first-order valence-electron chi connectivity index (χ1n) is 13.8. The Labute approximate surface area is 255 Å². The lowest BCUT2D eigenvalue weighted by molar-refractivity contribution is -0.230. The fourth-order valence-electron chi connectivity index (χ4n) is 4.68. The van der Waals surface area contributed by atoms with Crippen LogP contribution in [0.15, 0.2) is 72.8 Å². The minimum atomic E-state index is -4.37. The molecule has 1 heterocycles. The summed E-state index contributed by atoms with van der Waals surface area (Å²) in [4.78, 5) is 0. The lowest BCUT2D eigenvalue weighted by atomic mass is 9.99. The van der Waals surface area contributed by atoms with E-state index in [0.717, 1.165) is 43.2 Å². The molecule has 4 aromatic rings. The van der Waals surface area contributed by atoms with E-state index in [0.29, 0.717) is 17.7 Å². The van der Waals surface area contributed by atoms with Crippen LogP contribution in [0.25, 0.3) is 22.3 Å². The van der Waals surface area contributed by atoms with Crippen LogP contribution in [-0.4, -0.2) is 25.9 Å². The Hall–Kier alpha value is -3.57. The van der Waals surface area contributed by atoms with Gasteiger partial charge in [0.2, 0.25) is 0 Å². The van der Waals surface area contributed by atoms with Crippen molar-refractivity contribution in [3.05, 3.63) is 112 Å². The maximum Gasteiger partial charge on any atom is 0.432 e. The van der Waals surface area contributed by atoms with E-state index in [-0.39, 0.29) is 46.8 Å². The molecule has 0 radical (unpaired) electrons. The fourth-order valence-corrected chi connectivity index (χ4v) is 4.80. The third kappa shape index (κ3) is 7.21. The van der Waals surface area contributed by atoms with Crippen molar-refractivity contribution in [2.24, 2.45) is 0 Å². The van der Waals surface area contributed by atoms with Crippen LogP contribution in [0, 0.1) is 23.3 Å². The molecule has 0 atom stereocenters. The van der Waals surface area contributed by atoms with Gasteiger partial charge in [0.25, 0.3) is 0 Å². The largest absolute Gasteiger partial charge is 0.432 e. The minimum absolute atomic E-state index is 0.0909. The molecule has 44 heavy (non-hydrogen) atoms. The number of hydrogen-bond donors (Lipinski definition) is 0. The van der Waals surface area contributed by atoms with Crippen molar-refractivity contribution in [3.8, 4) is 28.0 Å². The van der Waals surface area contributed by atoms with Crippen molar-refractivity contribution in [2.75, 3.05) is 19.8 Å². The molecule has 0 bridgehead atoms. The number of alkyl halides is 2. The van der Waals surface area contributed by atoms with Crippen molar-refractivity contribution in [2.45, 2.75) is 38.3 Å². The molecule has 0 aromatic heterocycles. The number of hydrogen-bond acceptors (Lipinski definition) is 4. The van der Waals surface area contributed by atoms with E-state index in [9.17, 15) is 17.6 Å². The zero-order valence-electron chi connectivity index (χ0n) is 23.4. The molecule has 1 fully saturated rings. The monoisotopic (exact) mass is 636 g/mol. The minimum Gasteiger partial charge on any atom is -0.429 e. The molecule has 11 heteroatoms. The van der Waals surface area contributed by atoms with E-state index in [2.05, 4.69) is 0 Å². The van der Waals surface area contributed by atoms with Crippen molar-refractivity contribution < 1.29 is 45.3 Å². The molecule has 1 saturated heterocycles. The molecular formula is C33H27ClF6O4. The SMILES string of the molecule is CCCCOC1COC(c2cc(F)c(C(F)(F)Oc3ccc(-c4ccc(-c5ccc(Cl)c(F)c5)c(F)c4)cc3)c(F)c2)OC1. The van der Waals surface area contributed by atoms with E-state index in [1.807, 2.05) is 6.92 Å². The van der Waals surface area contributed by atoms with Crippen molar-refractivity contribution in [1.82, 2.24) is 0 Å². The van der Waals surface area contributed by atoms with Crippen LogP contribution in [0.1, 0.15) is 37.2 Å². The van der Waals surface area contributed by atoms with Gasteiger partial charge >= 0.3 is 6.11 Å². The highest BCUT2D eigenvalue weighted by Crippen LogP contribution is 2.38. The zero-order chi connectivity index (χ0) is 31.4. The molecule has 1 aliphatic heterocycles. The summed E-state index contributed by atoms with van der Waals surface area (Å²) in [5.74, 6) is -4.79. The molecular weight excluding hydrogens is 610 g/mol. The van der Waals surface area contributed by atoms with Gasteiger partial charge in [-0.05, 0) is 65.6 Å². The van der Waals surface area contributed by atoms with Gasteiger partial charge in [-0.2, -0.15) is 8.78 Å². The van der Waals surface area contributed by atoms with E-state index in [4.69, 9.17) is 30.5 Å². The summed E-state index contributed by atoms with van der Waals surface area (Å²) < 4.78 is 110. The quantitative estimate of drug-likeness (QED) is 0.128. The molecule has 5 rings (SSSR count). The molecule has 0 unspecified atom stereocenters. The smallest absolute Gasteiger partial charge is 0.429 e. The van der Waals surface area contributed by atoms with Crippen LogP contribution in [0.5, 0.6) is 5.75 Å². The van der Waals surface area contributed by atoms with Gasteiger partial charge in [-0.3, -0.25) is 0 Å². The predicted octanol–water partition coefficient (Wildman–Crippen LogP) is 9.59. The van der Waals surface area contributed by atoms with E-state index < -0.39 is 41.2 Å². The number of benzene rings is 4. The second kappa shape index (κ2) is 13.6. The van der Waals surface area contributed by atoms with E-state index in [1.165, 1.54) is 36.4 Å². The average Bonchev–Trinajstić information content (AvgIpc) is 2.99. The maximum absolute atomic E-state index is 15.0. The second-order valence-corrected chi connectivity index (χ2v) is 10.6. The summed E-state index contributed by atoms with van der Waals surface area (Å²) in [5, 5.41) is -0.0909. The second-order valence-electron chi connectivity index (χ2n) is 10.2. The van der Waals surface area contributed by atoms with Crippen molar-refractivity contribution in [3.63, 3.8) is 0 Å². The van der Waals surface area contributed by atoms with Gasteiger partial charge in [0, 0.05) is 17.7 Å². The highest BCUT2D eigenvalue weighted by atomic mass is 35.5. The van der Waals surface area contributed by atoms with E-state index >= 15 is 8.78 Å². The average molecular weight is 637 g/mol. The van der Waals surface area contributed by atoms with Gasteiger partial charge in [-0.1, -0.05) is 55.3 Å². The molecule has 0 amide bonds. The standard InChI is InChI=1S/C33H27ClF6O4/c1-2-3-12-41-24-17-42-32(43-18-24)22-15-29(37)31(30(38)16-22)33(39,40)44-23-8-4-19(5-9-23)20-6-10-25(27(35)13-20)21-7-11-26(34)28(36)14-21/h4-11,13-16,24,32H,2-3,12,17-18H2,1H3. The third-order valence-corrected chi connectivity index (χ3v) is 7.29. The zero-order valence-corrected chi connectivity index (χ0v) is 24.2. The van der Waals surface area contributed by atoms with E-state index in [1.54, 1.807) is 6.07 Å². The Balaban J connectivity index is 1.26. The molecule has 232 valence electrons. The Morgan fingerprint density at radius 3 is 2.00 bits per heavy atom. The van der Waals surface area contributed by atoms with Crippen LogP contribution >= 0.6 is 11.6 Å². The lowest BCUT2D eigenvalue weighted by Gasteiger charge is -2.30. The molecule has 4 nitrogen and oxygen atoms in total. The van der Waals surface area contributed by atoms with Crippen LogP contribution in [0.4, 0.5) is 26.3 Å². The first-order valence-corrected chi connectivity index (χ1v) is 14.2. The molecule has 4 aromatic carbocycles. The normalized spacial score (nSPS) is 17.1. The van der Waals surface area contributed by atoms with Gasteiger partial charge in [-0.25, -0.2) is 17.6 Å². The summed E-state index contributed by atoms with van der Waals surface area (Å²) in [7, 11) is 0. The number of halogens is 7. The van der Waals surface area contributed by atoms with Gasteiger partial charge in [-0.15, -0.1) is 0 Å². The summed E-state index contributed by atoms with van der Waals surface area (Å²) in [5.41, 5.74) is -0.401. The molecule has 0 spiro atoms. The lowest BCUT2D eigenvalue weighted by Crippen LogP contribution is -2.34. The fraction of sp³-hybridized carbons (Fsp3) is 0.273. The maximum atomic E-state index is 15.0. The molecule has 0 aliphatic carbocycles. The highest BCUT2D eigenvalue weighted by molar-refractivity contribution is 6.30. The topological polar surface area (TPSA) is 36.9 Å². The van der Waals surface area contributed by atoms with Crippen LogP contribution < -0.4 is 4.74 Å². The summed E-state index contributed by atoms with van der Waals surface area (Å²) in [6.45, 7) is 2.78. The number of unbranched alkanes of at least 4 members (excludes halogenated alkanes) is 1.